The Balaban J connectivity index is 1.85. The molecule has 0 radical (unpaired) electrons. The highest BCUT2D eigenvalue weighted by Crippen LogP contribution is 2.41. The standard InChI is InChI=1S/C13H20N4O3S/c1-15-6-3-4-13(12(15)18)5-7-17(10-13)21(19,20)11-8-14-16(2)9-11/h8-9H,3-7,10H2,1-2H3. The number of carbonyl (C=O) groups is 1. The van der Waals surface area contributed by atoms with E-state index in [0.29, 0.717) is 13.0 Å². The first kappa shape index (κ1) is 14.5. The Kier molecular flexibility index (Phi) is 3.32. The van der Waals surface area contributed by atoms with Gasteiger partial charge in [0.05, 0.1) is 11.6 Å². The summed E-state index contributed by atoms with van der Waals surface area (Å²) in [7, 11) is -0.0771. The van der Waals surface area contributed by atoms with Crippen LogP contribution in [0, 0.1) is 5.41 Å². The molecule has 3 rings (SSSR count). The second-order valence-corrected chi connectivity index (χ2v) is 7.99. The number of hydrogen-bond donors (Lipinski definition) is 0. The van der Waals surface area contributed by atoms with Crippen LogP contribution in [0.5, 0.6) is 0 Å². The average molecular weight is 312 g/mol. The fraction of sp³-hybridized carbons (Fsp3) is 0.692. The highest BCUT2D eigenvalue weighted by Gasteiger charge is 2.50. The molecule has 2 aliphatic rings. The number of likely N-dealkylation sites (tertiary alicyclic amines) is 1. The van der Waals surface area contributed by atoms with Crippen LogP contribution in [0.1, 0.15) is 19.3 Å². The van der Waals surface area contributed by atoms with Gasteiger partial charge in [0.2, 0.25) is 15.9 Å². The van der Waals surface area contributed by atoms with E-state index in [1.54, 1.807) is 19.0 Å². The second kappa shape index (κ2) is 4.81. The zero-order chi connectivity index (χ0) is 15.3. The first-order chi connectivity index (χ1) is 9.85. The first-order valence-electron chi connectivity index (χ1n) is 7.10. The van der Waals surface area contributed by atoms with Gasteiger partial charge < -0.3 is 4.90 Å². The first-order valence-corrected chi connectivity index (χ1v) is 8.54. The third-order valence-electron chi connectivity index (χ3n) is 4.59. The number of carbonyl (C=O) groups excluding carboxylic acids is 1. The normalized spacial score (nSPS) is 27.7. The molecule has 1 amide bonds. The van der Waals surface area contributed by atoms with Gasteiger partial charge in [0.1, 0.15) is 4.90 Å². The van der Waals surface area contributed by atoms with Crippen LogP contribution in [0.25, 0.3) is 0 Å². The summed E-state index contributed by atoms with van der Waals surface area (Å²) in [4.78, 5) is 14.4. The molecule has 0 saturated carbocycles. The minimum Gasteiger partial charge on any atom is -0.345 e. The summed E-state index contributed by atoms with van der Waals surface area (Å²) >= 11 is 0. The van der Waals surface area contributed by atoms with Crippen LogP contribution >= 0.6 is 0 Å². The molecule has 1 aromatic heterocycles. The van der Waals surface area contributed by atoms with Crippen LogP contribution in [0.4, 0.5) is 0 Å². The fourth-order valence-corrected chi connectivity index (χ4v) is 4.88. The van der Waals surface area contributed by atoms with Crippen LogP contribution in [-0.2, 0) is 21.9 Å². The van der Waals surface area contributed by atoms with Gasteiger partial charge in [-0.15, -0.1) is 0 Å². The van der Waals surface area contributed by atoms with Crippen LogP contribution in [0.3, 0.4) is 0 Å². The molecule has 1 aromatic rings. The predicted molar refractivity (Wildman–Crippen MR) is 75.9 cm³/mol. The van der Waals surface area contributed by atoms with Crippen LogP contribution in [-0.4, -0.2) is 60.0 Å². The highest BCUT2D eigenvalue weighted by atomic mass is 32.2. The van der Waals surface area contributed by atoms with Gasteiger partial charge in [-0.3, -0.25) is 9.48 Å². The highest BCUT2D eigenvalue weighted by molar-refractivity contribution is 7.89. The van der Waals surface area contributed by atoms with E-state index in [4.69, 9.17) is 0 Å². The number of aryl methyl sites for hydroxylation is 1. The Hall–Kier alpha value is -1.41. The SMILES string of the molecule is CN1CCCC2(CCN(S(=O)(=O)c3cnn(C)c3)C2)C1=O. The van der Waals surface area contributed by atoms with E-state index in [1.165, 1.54) is 21.4 Å². The van der Waals surface area contributed by atoms with Gasteiger partial charge in [-0.1, -0.05) is 0 Å². The van der Waals surface area contributed by atoms with Crippen molar-refractivity contribution in [3.8, 4) is 0 Å². The lowest BCUT2D eigenvalue weighted by molar-refractivity contribution is -0.143. The largest absolute Gasteiger partial charge is 0.345 e. The molecule has 2 aliphatic heterocycles. The molecule has 2 saturated heterocycles. The number of hydrogen-bond acceptors (Lipinski definition) is 4. The zero-order valence-electron chi connectivity index (χ0n) is 12.3. The van der Waals surface area contributed by atoms with Gasteiger partial charge in [0.15, 0.2) is 0 Å². The lowest BCUT2D eigenvalue weighted by Crippen LogP contribution is -2.48. The monoisotopic (exact) mass is 312 g/mol. The number of sulfonamides is 1. The Labute approximate surface area is 124 Å². The quantitative estimate of drug-likeness (QED) is 0.773. The number of aromatic nitrogens is 2. The number of rotatable bonds is 2. The maximum absolute atomic E-state index is 12.6. The molecule has 1 atom stereocenters. The van der Waals surface area contributed by atoms with Crippen molar-refractivity contribution >= 4 is 15.9 Å². The second-order valence-electron chi connectivity index (χ2n) is 6.05. The van der Waals surface area contributed by atoms with Crippen molar-refractivity contribution in [3.05, 3.63) is 12.4 Å². The molecule has 0 N–H and O–H groups in total. The molecule has 21 heavy (non-hydrogen) atoms. The minimum absolute atomic E-state index is 0.0811. The Morgan fingerprint density at radius 2 is 2.00 bits per heavy atom. The molecular weight excluding hydrogens is 292 g/mol. The lowest BCUT2D eigenvalue weighted by atomic mass is 9.78. The van der Waals surface area contributed by atoms with Crippen molar-refractivity contribution in [2.45, 2.75) is 24.2 Å². The van der Waals surface area contributed by atoms with E-state index in [1.807, 2.05) is 0 Å². The summed E-state index contributed by atoms with van der Waals surface area (Å²) in [5, 5.41) is 3.92. The Bertz CT molecular complexity index is 669. The fourth-order valence-electron chi connectivity index (χ4n) is 3.37. The predicted octanol–water partition coefficient (Wildman–Crippen LogP) is 0.0531. The van der Waals surface area contributed by atoms with Crippen LogP contribution in [0.2, 0.25) is 0 Å². The molecule has 2 fully saturated rings. The van der Waals surface area contributed by atoms with Crippen molar-refractivity contribution in [3.63, 3.8) is 0 Å². The summed E-state index contributed by atoms with van der Waals surface area (Å²) in [6.07, 6.45) is 5.16. The zero-order valence-corrected chi connectivity index (χ0v) is 13.1. The number of amides is 1. The van der Waals surface area contributed by atoms with E-state index in [2.05, 4.69) is 5.10 Å². The number of piperidine rings is 1. The van der Waals surface area contributed by atoms with E-state index in [9.17, 15) is 13.2 Å². The summed E-state index contributed by atoms with van der Waals surface area (Å²) < 4.78 is 28.1. The third kappa shape index (κ3) is 2.26. The molecule has 1 unspecified atom stereocenters. The Morgan fingerprint density at radius 3 is 2.67 bits per heavy atom. The van der Waals surface area contributed by atoms with Gasteiger partial charge in [-0.25, -0.2) is 8.42 Å². The van der Waals surface area contributed by atoms with Crippen molar-refractivity contribution in [1.82, 2.24) is 19.0 Å². The third-order valence-corrected chi connectivity index (χ3v) is 6.39. The summed E-state index contributed by atoms with van der Waals surface area (Å²) in [6.45, 7) is 1.44. The summed E-state index contributed by atoms with van der Waals surface area (Å²) in [5.74, 6) is 0.0811. The molecule has 116 valence electrons. The Morgan fingerprint density at radius 1 is 1.24 bits per heavy atom. The van der Waals surface area contributed by atoms with E-state index < -0.39 is 15.4 Å². The van der Waals surface area contributed by atoms with Crippen LogP contribution < -0.4 is 0 Å². The maximum Gasteiger partial charge on any atom is 0.246 e. The molecule has 0 bridgehead atoms. The van der Waals surface area contributed by atoms with Gasteiger partial charge in [0, 0.05) is 39.9 Å². The van der Waals surface area contributed by atoms with E-state index in [-0.39, 0.29) is 17.3 Å². The van der Waals surface area contributed by atoms with Crippen molar-refractivity contribution in [1.29, 1.82) is 0 Å². The van der Waals surface area contributed by atoms with E-state index in [0.717, 1.165) is 19.4 Å². The smallest absolute Gasteiger partial charge is 0.246 e. The van der Waals surface area contributed by atoms with Crippen molar-refractivity contribution in [2.24, 2.45) is 12.5 Å². The summed E-state index contributed by atoms with van der Waals surface area (Å²) in [5.41, 5.74) is -0.526. The molecule has 3 heterocycles. The average Bonchev–Trinajstić information content (AvgIpc) is 3.04. The number of nitrogens with zero attached hydrogens (tertiary/aromatic N) is 4. The van der Waals surface area contributed by atoms with Gasteiger partial charge in [-0.05, 0) is 19.3 Å². The van der Waals surface area contributed by atoms with Gasteiger partial charge in [0.25, 0.3) is 0 Å². The molecule has 0 aromatic carbocycles. The molecule has 7 nitrogen and oxygen atoms in total. The molecule has 8 heteroatoms. The van der Waals surface area contributed by atoms with Gasteiger partial charge >= 0.3 is 0 Å². The topological polar surface area (TPSA) is 75.5 Å². The minimum atomic E-state index is -3.55. The summed E-state index contributed by atoms with van der Waals surface area (Å²) in [6, 6.07) is 0. The molecule has 1 spiro atoms. The van der Waals surface area contributed by atoms with Crippen molar-refractivity contribution < 1.29 is 13.2 Å². The van der Waals surface area contributed by atoms with Crippen LogP contribution in [0.15, 0.2) is 17.3 Å². The molecular formula is C13H20N4O3S. The lowest BCUT2D eigenvalue weighted by Gasteiger charge is -2.37. The van der Waals surface area contributed by atoms with Gasteiger partial charge in [-0.2, -0.15) is 9.40 Å². The maximum atomic E-state index is 12.6. The van der Waals surface area contributed by atoms with E-state index >= 15 is 0 Å². The molecule has 0 aliphatic carbocycles. The van der Waals surface area contributed by atoms with Crippen molar-refractivity contribution in [2.75, 3.05) is 26.7 Å².